The Morgan fingerprint density at radius 1 is 0.879 bits per heavy atom. The zero-order chi connectivity index (χ0) is 22.2. The number of nitrogens with zero attached hydrogens (tertiary/aromatic N) is 3. The van der Waals surface area contributed by atoms with Crippen LogP contribution in [-0.2, 0) is 13.0 Å². The van der Waals surface area contributed by atoms with Gasteiger partial charge in [-0.15, -0.1) is 0 Å². The first-order chi connectivity index (χ1) is 16.3. The first-order valence-corrected chi connectivity index (χ1v) is 11.9. The predicted molar refractivity (Wildman–Crippen MR) is 131 cm³/mol. The van der Waals surface area contributed by atoms with Gasteiger partial charge in [0.15, 0.2) is 0 Å². The van der Waals surface area contributed by atoms with Gasteiger partial charge in [-0.2, -0.15) is 0 Å². The van der Waals surface area contributed by atoms with Crippen molar-refractivity contribution in [1.29, 1.82) is 0 Å². The van der Waals surface area contributed by atoms with Crippen LogP contribution < -0.4 is 5.32 Å². The smallest absolute Gasteiger partial charge is 0.253 e. The van der Waals surface area contributed by atoms with Gasteiger partial charge in [-0.05, 0) is 55.6 Å². The van der Waals surface area contributed by atoms with Gasteiger partial charge in [0, 0.05) is 24.7 Å². The van der Waals surface area contributed by atoms with E-state index >= 15 is 0 Å². The van der Waals surface area contributed by atoms with Gasteiger partial charge >= 0.3 is 0 Å². The fraction of sp³-hybridized carbons (Fsp3) is 0.286. The molecule has 1 saturated heterocycles. The number of para-hydroxylation sites is 1. The van der Waals surface area contributed by atoms with E-state index in [1.54, 1.807) is 0 Å². The first-order valence-electron chi connectivity index (χ1n) is 11.9. The van der Waals surface area contributed by atoms with Crippen molar-refractivity contribution in [2.45, 2.75) is 31.8 Å². The van der Waals surface area contributed by atoms with Crippen LogP contribution in [0.3, 0.4) is 0 Å². The Kier molecular flexibility index (Phi) is 5.19. The van der Waals surface area contributed by atoms with Crippen molar-refractivity contribution < 1.29 is 4.79 Å². The highest BCUT2D eigenvalue weighted by atomic mass is 16.1. The fourth-order valence-corrected chi connectivity index (χ4v) is 5.39. The predicted octanol–water partition coefficient (Wildman–Crippen LogP) is 4.83. The number of likely N-dealkylation sites (tertiary alicyclic amines) is 1. The van der Waals surface area contributed by atoms with E-state index in [2.05, 4.69) is 69.4 Å². The van der Waals surface area contributed by atoms with E-state index in [1.807, 2.05) is 18.2 Å². The highest BCUT2D eigenvalue weighted by Crippen LogP contribution is 2.32. The highest BCUT2D eigenvalue weighted by molar-refractivity contribution is 6.06. The summed E-state index contributed by atoms with van der Waals surface area (Å²) in [6, 6.07) is 25.9. The summed E-state index contributed by atoms with van der Waals surface area (Å²) in [7, 11) is 0. The van der Waals surface area contributed by atoms with Gasteiger partial charge in [0.25, 0.3) is 5.91 Å². The lowest BCUT2D eigenvalue weighted by molar-refractivity contribution is 0.0956. The number of amides is 1. The second-order valence-electron chi connectivity index (χ2n) is 9.09. The number of nitrogens with one attached hydrogen (secondary N) is 1. The largest absolute Gasteiger partial charge is 0.350 e. The van der Waals surface area contributed by atoms with Gasteiger partial charge < -0.3 is 9.88 Å². The lowest BCUT2D eigenvalue weighted by Crippen LogP contribution is -2.27. The van der Waals surface area contributed by atoms with E-state index in [9.17, 15) is 4.79 Å². The van der Waals surface area contributed by atoms with Crippen LogP contribution in [0.15, 0.2) is 72.8 Å². The molecule has 1 amide bonds. The quantitative estimate of drug-likeness (QED) is 0.488. The van der Waals surface area contributed by atoms with Crippen LogP contribution in [0.2, 0.25) is 0 Å². The Morgan fingerprint density at radius 3 is 2.45 bits per heavy atom. The molecule has 1 atom stereocenters. The lowest BCUT2D eigenvalue weighted by Gasteiger charge is -2.28. The van der Waals surface area contributed by atoms with Crippen LogP contribution >= 0.6 is 0 Å². The minimum atomic E-state index is -0.0180. The molecule has 3 aromatic carbocycles. The molecule has 0 spiro atoms. The molecule has 0 saturated carbocycles. The molecule has 1 fully saturated rings. The third-order valence-corrected chi connectivity index (χ3v) is 7.04. The number of hydrogen-bond acceptors (Lipinski definition) is 3. The SMILES string of the molecule is O=C1NCCn2c(-c3ccc(C(Cc4ccccc4)N4CCCC4)cc3)nc3cccc1c32. The highest BCUT2D eigenvalue weighted by Gasteiger charge is 2.25. The summed E-state index contributed by atoms with van der Waals surface area (Å²) in [5, 5.41) is 3.00. The van der Waals surface area contributed by atoms with Gasteiger partial charge in [0.05, 0.1) is 16.6 Å². The molecule has 33 heavy (non-hydrogen) atoms. The van der Waals surface area contributed by atoms with E-state index in [1.165, 1.54) is 37.1 Å². The maximum Gasteiger partial charge on any atom is 0.253 e. The van der Waals surface area contributed by atoms with Crippen molar-refractivity contribution in [3.63, 3.8) is 0 Å². The van der Waals surface area contributed by atoms with Crippen molar-refractivity contribution >= 4 is 16.9 Å². The third kappa shape index (κ3) is 3.72. The molecular weight excluding hydrogens is 408 g/mol. The zero-order valence-corrected chi connectivity index (χ0v) is 18.7. The summed E-state index contributed by atoms with van der Waals surface area (Å²) in [5.74, 6) is 0.914. The van der Waals surface area contributed by atoms with Gasteiger partial charge in [-0.1, -0.05) is 60.7 Å². The number of carbonyl (C=O) groups excluding carboxylic acids is 1. The Hall–Kier alpha value is -3.44. The molecule has 0 aliphatic carbocycles. The molecule has 1 N–H and O–H groups in total. The number of hydrogen-bond donors (Lipinski definition) is 1. The minimum absolute atomic E-state index is 0.0180. The number of benzene rings is 3. The fourth-order valence-electron chi connectivity index (χ4n) is 5.39. The van der Waals surface area contributed by atoms with E-state index in [-0.39, 0.29) is 5.91 Å². The summed E-state index contributed by atoms with van der Waals surface area (Å²) in [4.78, 5) is 20.0. The maximum absolute atomic E-state index is 12.5. The van der Waals surface area contributed by atoms with Crippen LogP contribution in [0.1, 0.15) is 40.4 Å². The van der Waals surface area contributed by atoms with Gasteiger partial charge in [0.1, 0.15) is 5.82 Å². The topological polar surface area (TPSA) is 50.2 Å². The average molecular weight is 437 g/mol. The molecular formula is C28H28N4O. The molecule has 166 valence electrons. The Bertz CT molecular complexity index is 1290. The molecule has 4 aromatic rings. The van der Waals surface area contributed by atoms with E-state index < -0.39 is 0 Å². The second kappa shape index (κ2) is 8.49. The summed E-state index contributed by atoms with van der Waals surface area (Å²) in [6.07, 6.45) is 3.58. The Morgan fingerprint density at radius 2 is 1.67 bits per heavy atom. The third-order valence-electron chi connectivity index (χ3n) is 7.04. The van der Waals surface area contributed by atoms with Crippen LogP contribution in [0.25, 0.3) is 22.4 Å². The Labute approximate surface area is 194 Å². The number of imidazole rings is 1. The number of carbonyl (C=O) groups is 1. The molecule has 6 rings (SSSR count). The minimum Gasteiger partial charge on any atom is -0.350 e. The molecule has 0 radical (unpaired) electrons. The van der Waals surface area contributed by atoms with E-state index in [4.69, 9.17) is 4.98 Å². The molecule has 2 aliphatic rings. The molecule has 0 bridgehead atoms. The summed E-state index contributed by atoms with van der Waals surface area (Å²) in [6.45, 7) is 3.66. The molecule has 5 heteroatoms. The molecule has 1 unspecified atom stereocenters. The monoisotopic (exact) mass is 436 g/mol. The van der Waals surface area contributed by atoms with Crippen molar-refractivity contribution in [1.82, 2.24) is 19.8 Å². The van der Waals surface area contributed by atoms with E-state index in [0.717, 1.165) is 35.4 Å². The maximum atomic E-state index is 12.5. The summed E-state index contributed by atoms with van der Waals surface area (Å²) >= 11 is 0. The van der Waals surface area contributed by atoms with Gasteiger partial charge in [-0.3, -0.25) is 9.69 Å². The lowest BCUT2D eigenvalue weighted by atomic mass is 9.96. The normalized spacial score (nSPS) is 17.2. The number of rotatable bonds is 5. The van der Waals surface area contributed by atoms with Crippen LogP contribution in [0.4, 0.5) is 0 Å². The summed E-state index contributed by atoms with van der Waals surface area (Å²) < 4.78 is 2.19. The number of aromatic nitrogens is 2. The standard InChI is InChI=1S/C28H28N4O/c33-28-23-9-6-10-24-26(23)32(18-15-29-28)27(30-24)22-13-11-21(12-14-22)25(31-16-4-5-17-31)19-20-7-2-1-3-8-20/h1-3,6-14,25H,4-5,15-19H2,(H,29,33). The molecule has 1 aromatic heterocycles. The van der Waals surface area contributed by atoms with Crippen LogP contribution in [0, 0.1) is 0 Å². The Balaban J connectivity index is 1.37. The van der Waals surface area contributed by atoms with Crippen LogP contribution in [-0.4, -0.2) is 40.0 Å². The van der Waals surface area contributed by atoms with Gasteiger partial charge in [0.2, 0.25) is 0 Å². The zero-order valence-electron chi connectivity index (χ0n) is 18.7. The van der Waals surface area contributed by atoms with Crippen molar-refractivity contribution in [2.75, 3.05) is 19.6 Å². The van der Waals surface area contributed by atoms with Crippen LogP contribution in [0.5, 0.6) is 0 Å². The van der Waals surface area contributed by atoms with Crippen molar-refractivity contribution in [3.8, 4) is 11.4 Å². The first kappa shape index (κ1) is 20.2. The van der Waals surface area contributed by atoms with Crippen molar-refractivity contribution in [3.05, 3.63) is 89.5 Å². The summed E-state index contributed by atoms with van der Waals surface area (Å²) in [5.41, 5.74) is 6.35. The second-order valence-corrected chi connectivity index (χ2v) is 9.09. The van der Waals surface area contributed by atoms with Crippen molar-refractivity contribution in [2.24, 2.45) is 0 Å². The molecule has 2 aliphatic heterocycles. The molecule has 3 heterocycles. The average Bonchev–Trinajstić information content (AvgIpc) is 3.48. The molecule has 5 nitrogen and oxygen atoms in total. The van der Waals surface area contributed by atoms with E-state index in [0.29, 0.717) is 18.2 Å². The van der Waals surface area contributed by atoms with Gasteiger partial charge in [-0.25, -0.2) is 4.98 Å².